The number of rotatable bonds is 2. The molecule has 0 aliphatic heterocycles. The first-order chi connectivity index (χ1) is 4.31. The van der Waals surface area contributed by atoms with Crippen molar-refractivity contribution >= 4 is 0 Å². The van der Waals surface area contributed by atoms with Crippen LogP contribution < -0.4 is 0 Å². The second kappa shape index (κ2) is 5.01. The third-order valence-electron chi connectivity index (χ3n) is 0.949. The van der Waals surface area contributed by atoms with Gasteiger partial charge in [-0.1, -0.05) is 11.6 Å². The summed E-state index contributed by atoms with van der Waals surface area (Å²) in [6.45, 7) is 1.98. The molecule has 0 aliphatic rings. The van der Waals surface area contributed by atoms with Crippen LogP contribution in [0.25, 0.3) is 0 Å². The van der Waals surface area contributed by atoms with E-state index >= 15 is 0 Å². The monoisotopic (exact) mass is 118 g/mol. The van der Waals surface area contributed by atoms with Gasteiger partial charge in [-0.2, -0.15) is 0 Å². The van der Waals surface area contributed by atoms with Gasteiger partial charge in [0.2, 0.25) is 0 Å². The molecule has 0 aliphatic carbocycles. The van der Waals surface area contributed by atoms with Gasteiger partial charge in [0.15, 0.2) is 0 Å². The van der Waals surface area contributed by atoms with Crippen LogP contribution in [0.2, 0.25) is 0 Å². The van der Waals surface area contributed by atoms with Gasteiger partial charge in [0, 0.05) is 12.8 Å². The Balaban J connectivity index is 3.62. The van der Waals surface area contributed by atoms with Crippen molar-refractivity contribution in [1.29, 1.82) is 0 Å². The zero-order chi connectivity index (χ0) is 7.11. The lowest BCUT2D eigenvalue weighted by molar-refractivity contribution is 1.21. The Morgan fingerprint density at radius 3 is 2.56 bits per heavy atom. The van der Waals surface area contributed by atoms with Gasteiger partial charge in [0.05, 0.1) is 0 Å². The highest BCUT2D eigenvalue weighted by molar-refractivity contribution is 5.10. The maximum absolute atomic E-state index is 5.06. The average molecular weight is 118 g/mol. The van der Waals surface area contributed by atoms with Crippen LogP contribution in [-0.4, -0.2) is 0 Å². The molecule has 0 aromatic heterocycles. The highest BCUT2D eigenvalue weighted by Crippen LogP contribution is 1.98. The first kappa shape index (κ1) is 7.86. The Bertz CT molecular complexity index is 171. The van der Waals surface area contributed by atoms with E-state index in [1.165, 1.54) is 5.57 Å². The molecule has 0 spiro atoms. The van der Waals surface area contributed by atoms with Crippen molar-refractivity contribution in [3.8, 4) is 24.7 Å². The van der Waals surface area contributed by atoms with Crippen molar-refractivity contribution in [2.75, 3.05) is 0 Å². The van der Waals surface area contributed by atoms with Crippen LogP contribution in [0.5, 0.6) is 0 Å². The molecule has 0 aromatic carbocycles. The molecule has 0 amide bonds. The second-order valence-electron chi connectivity index (χ2n) is 1.84. The Hall–Kier alpha value is -1.14. The average Bonchev–Trinajstić information content (AvgIpc) is 1.85. The molecule has 9 heavy (non-hydrogen) atoms. The van der Waals surface area contributed by atoms with Crippen LogP contribution in [0.3, 0.4) is 0 Å². The zero-order valence-corrected chi connectivity index (χ0v) is 5.65. The van der Waals surface area contributed by atoms with E-state index in [-0.39, 0.29) is 0 Å². The molecule has 0 rings (SSSR count). The second-order valence-corrected chi connectivity index (χ2v) is 1.84. The highest BCUT2D eigenvalue weighted by Gasteiger charge is 1.80. The maximum atomic E-state index is 5.06. The molecule has 0 radical (unpaired) electrons. The van der Waals surface area contributed by atoms with Crippen molar-refractivity contribution < 1.29 is 0 Å². The summed E-state index contributed by atoms with van der Waals surface area (Å²) in [5.74, 6) is 5.05. The molecule has 0 saturated carbocycles. The van der Waals surface area contributed by atoms with Crippen LogP contribution in [0.1, 0.15) is 19.8 Å². The fraction of sp³-hybridized carbons (Fsp3) is 0.333. The topological polar surface area (TPSA) is 0 Å². The van der Waals surface area contributed by atoms with Crippen LogP contribution >= 0.6 is 0 Å². The third-order valence-corrected chi connectivity index (χ3v) is 0.949. The minimum absolute atomic E-state index is 0.688. The Labute approximate surface area is 57.0 Å². The molecule has 0 unspecified atom stereocenters. The molecule has 0 aromatic rings. The van der Waals surface area contributed by atoms with E-state index in [4.69, 9.17) is 12.8 Å². The number of terminal acetylenes is 2. The van der Waals surface area contributed by atoms with Crippen LogP contribution in [0, 0.1) is 24.7 Å². The lowest BCUT2D eigenvalue weighted by atomic mass is 10.2. The lowest BCUT2D eigenvalue weighted by Gasteiger charge is -1.88. The molecule has 0 atom stereocenters. The first-order valence-electron chi connectivity index (χ1n) is 2.83. The van der Waals surface area contributed by atoms with Crippen molar-refractivity contribution in [2.24, 2.45) is 0 Å². The van der Waals surface area contributed by atoms with E-state index in [2.05, 4.69) is 11.8 Å². The third kappa shape index (κ3) is 4.72. The van der Waals surface area contributed by atoms with Gasteiger partial charge in [-0.25, -0.2) is 0 Å². The molecular formula is C9H10. The van der Waals surface area contributed by atoms with Gasteiger partial charge in [-0.05, 0) is 6.92 Å². The van der Waals surface area contributed by atoms with Crippen molar-refractivity contribution in [1.82, 2.24) is 0 Å². The summed E-state index contributed by atoms with van der Waals surface area (Å²) >= 11 is 0. The molecule has 0 bridgehead atoms. The van der Waals surface area contributed by atoms with Gasteiger partial charge >= 0.3 is 0 Å². The van der Waals surface area contributed by atoms with Crippen LogP contribution in [0.15, 0.2) is 11.6 Å². The van der Waals surface area contributed by atoms with Gasteiger partial charge in [-0.15, -0.1) is 24.7 Å². The lowest BCUT2D eigenvalue weighted by Crippen LogP contribution is -1.71. The zero-order valence-electron chi connectivity index (χ0n) is 5.65. The van der Waals surface area contributed by atoms with Gasteiger partial charge in [-0.3, -0.25) is 0 Å². The summed E-state index contributed by atoms with van der Waals surface area (Å²) in [6, 6.07) is 0. The molecule has 0 saturated heterocycles. The predicted octanol–water partition coefficient (Wildman–Crippen LogP) is 1.98. The van der Waals surface area contributed by atoms with E-state index in [1.807, 2.05) is 13.0 Å². The van der Waals surface area contributed by atoms with E-state index in [0.29, 0.717) is 12.8 Å². The van der Waals surface area contributed by atoms with Crippen molar-refractivity contribution in [3.05, 3.63) is 11.6 Å². The predicted molar refractivity (Wildman–Crippen MR) is 40.7 cm³/mol. The Kier molecular flexibility index (Phi) is 4.37. The van der Waals surface area contributed by atoms with Crippen LogP contribution in [-0.2, 0) is 0 Å². The molecule has 0 heteroatoms. The fourth-order valence-corrected chi connectivity index (χ4v) is 0.466. The number of allylic oxidation sites excluding steroid dienone is 2. The van der Waals surface area contributed by atoms with Gasteiger partial charge in [0.1, 0.15) is 0 Å². The molecule has 0 heterocycles. The summed E-state index contributed by atoms with van der Waals surface area (Å²) < 4.78 is 0. The fourth-order valence-electron chi connectivity index (χ4n) is 0.466. The van der Waals surface area contributed by atoms with Gasteiger partial charge < -0.3 is 0 Å². The number of hydrogen-bond acceptors (Lipinski definition) is 0. The van der Waals surface area contributed by atoms with E-state index in [9.17, 15) is 0 Å². The highest BCUT2D eigenvalue weighted by atomic mass is 13.9. The van der Waals surface area contributed by atoms with Crippen LogP contribution in [0.4, 0.5) is 0 Å². The molecular weight excluding hydrogens is 108 g/mol. The SMILES string of the molecule is C#CC/C=C(\C)CC#C. The van der Waals surface area contributed by atoms with Gasteiger partial charge in [0.25, 0.3) is 0 Å². The van der Waals surface area contributed by atoms with Crippen molar-refractivity contribution in [2.45, 2.75) is 19.8 Å². The molecule has 46 valence electrons. The van der Waals surface area contributed by atoms with E-state index in [0.717, 1.165) is 0 Å². The van der Waals surface area contributed by atoms with E-state index in [1.54, 1.807) is 0 Å². The summed E-state index contributed by atoms with van der Waals surface area (Å²) in [4.78, 5) is 0. The summed E-state index contributed by atoms with van der Waals surface area (Å²) in [5, 5.41) is 0. The number of hydrogen-bond donors (Lipinski definition) is 0. The molecule has 0 N–H and O–H groups in total. The Morgan fingerprint density at radius 1 is 1.44 bits per heavy atom. The minimum atomic E-state index is 0.688. The van der Waals surface area contributed by atoms with E-state index < -0.39 is 0 Å². The molecule has 0 nitrogen and oxygen atoms in total. The normalized spacial score (nSPS) is 9.89. The van der Waals surface area contributed by atoms with Crippen molar-refractivity contribution in [3.63, 3.8) is 0 Å². The smallest absolute Gasteiger partial charge is 0.0294 e. The Morgan fingerprint density at radius 2 is 2.11 bits per heavy atom. The minimum Gasteiger partial charge on any atom is -0.120 e. The quantitative estimate of drug-likeness (QED) is 0.384. The molecule has 0 fully saturated rings. The first-order valence-corrected chi connectivity index (χ1v) is 2.83. The summed E-state index contributed by atoms with van der Waals surface area (Å²) in [6.07, 6.45) is 13.5. The summed E-state index contributed by atoms with van der Waals surface area (Å²) in [5.41, 5.74) is 1.18. The largest absolute Gasteiger partial charge is 0.120 e. The maximum Gasteiger partial charge on any atom is 0.0294 e. The summed E-state index contributed by atoms with van der Waals surface area (Å²) in [7, 11) is 0. The standard InChI is InChI=1S/C9H10/c1-4-6-8-9(3)7-5-2/h1-2,8H,6-7H2,3H3/b9-8+.